The molecule has 0 heterocycles. The van der Waals surface area contributed by atoms with Gasteiger partial charge in [0.2, 0.25) is 0 Å². The van der Waals surface area contributed by atoms with Crippen molar-refractivity contribution in [2.75, 3.05) is 13.2 Å². The molecule has 438 valence electrons. The standard InChI is InChI=1S/C71H118O6/c1-4-7-10-13-16-19-22-25-27-29-31-33-35-37-39-41-43-46-49-52-55-58-61-64-70(73)76-67-68(66-75-69(72)63-60-57-54-51-48-45-24-21-18-15-12-9-6-3)77-71(74)65-62-59-56-53-50-47-44-42-40-38-36-34-32-30-28-26-23-20-17-14-11-8-5-2/h7,9-10,12,16,18-19,21,25,27,31,33,37,39,43,45-46,48,52,55,68H,4-6,8,11,13-15,17,20,22-24,26,28-30,32,34-36,38,40-42,44,47,49-51,53-54,56-67H2,1-3H3/b10-7-,12-9-,19-16-,21-18-,27-25-,33-31-,39-37-,46-43-,48-45-,55-52-. The zero-order chi connectivity index (χ0) is 55.7. The van der Waals surface area contributed by atoms with Gasteiger partial charge in [-0.2, -0.15) is 0 Å². The maximum Gasteiger partial charge on any atom is 0.306 e. The average Bonchev–Trinajstić information content (AvgIpc) is 3.43. The molecule has 0 amide bonds. The summed E-state index contributed by atoms with van der Waals surface area (Å²) in [7, 11) is 0. The molecule has 0 aromatic heterocycles. The lowest BCUT2D eigenvalue weighted by Crippen LogP contribution is -2.30. The number of carbonyl (C=O) groups excluding carboxylic acids is 3. The number of hydrogen-bond acceptors (Lipinski definition) is 6. The van der Waals surface area contributed by atoms with Gasteiger partial charge in [0.15, 0.2) is 6.10 Å². The number of esters is 3. The first-order chi connectivity index (χ1) is 38.0. The highest BCUT2D eigenvalue weighted by atomic mass is 16.6. The SMILES string of the molecule is CC/C=C\C/C=C\C/C=C\C/C=C\C/C=C\C/C=C\C/C=C\CCCC(=O)OCC(COC(=O)CCCCC/C=C\C/C=C\C/C=C\CC)OC(=O)CCCCCCCCCCCCCCCCCCCCCCCCC. The van der Waals surface area contributed by atoms with Crippen LogP contribution in [-0.4, -0.2) is 37.2 Å². The van der Waals surface area contributed by atoms with Crippen molar-refractivity contribution < 1.29 is 28.6 Å². The first-order valence-electron chi connectivity index (χ1n) is 32.0. The van der Waals surface area contributed by atoms with Crippen LogP contribution in [0.5, 0.6) is 0 Å². The van der Waals surface area contributed by atoms with E-state index in [1.165, 1.54) is 128 Å². The second-order valence-corrected chi connectivity index (χ2v) is 20.9. The summed E-state index contributed by atoms with van der Waals surface area (Å²) in [6.45, 7) is 6.36. The summed E-state index contributed by atoms with van der Waals surface area (Å²) in [6.07, 6.45) is 89.4. The fraction of sp³-hybridized carbons (Fsp3) is 0.676. The predicted octanol–water partition coefficient (Wildman–Crippen LogP) is 22.0. The van der Waals surface area contributed by atoms with Crippen molar-refractivity contribution in [3.05, 3.63) is 122 Å². The van der Waals surface area contributed by atoms with Gasteiger partial charge >= 0.3 is 17.9 Å². The molecular weight excluding hydrogens is 949 g/mol. The highest BCUT2D eigenvalue weighted by Gasteiger charge is 2.19. The molecule has 0 aromatic rings. The minimum atomic E-state index is -0.817. The average molecular weight is 1070 g/mol. The molecule has 0 aliphatic carbocycles. The topological polar surface area (TPSA) is 78.9 Å². The van der Waals surface area contributed by atoms with Gasteiger partial charge in [-0.1, -0.05) is 290 Å². The van der Waals surface area contributed by atoms with Gasteiger partial charge in [0.1, 0.15) is 13.2 Å². The predicted molar refractivity (Wildman–Crippen MR) is 334 cm³/mol. The third kappa shape index (κ3) is 62.5. The van der Waals surface area contributed by atoms with E-state index in [9.17, 15) is 14.4 Å². The normalized spacial score (nSPS) is 12.9. The molecule has 0 aromatic carbocycles. The van der Waals surface area contributed by atoms with Crippen molar-refractivity contribution in [2.24, 2.45) is 0 Å². The van der Waals surface area contributed by atoms with E-state index in [4.69, 9.17) is 14.2 Å². The molecule has 0 aliphatic rings. The van der Waals surface area contributed by atoms with Crippen LogP contribution in [0.1, 0.15) is 290 Å². The third-order valence-corrected chi connectivity index (χ3v) is 13.5. The lowest BCUT2D eigenvalue weighted by molar-refractivity contribution is -0.167. The lowest BCUT2D eigenvalue weighted by Gasteiger charge is -2.18. The van der Waals surface area contributed by atoms with Crippen LogP contribution in [0, 0.1) is 0 Å². The van der Waals surface area contributed by atoms with Crippen LogP contribution in [0.2, 0.25) is 0 Å². The fourth-order valence-corrected chi connectivity index (χ4v) is 8.74. The summed E-state index contributed by atoms with van der Waals surface area (Å²) in [5.74, 6) is -0.993. The van der Waals surface area contributed by atoms with Gasteiger partial charge in [-0.05, 0) is 103 Å². The zero-order valence-corrected chi connectivity index (χ0v) is 50.2. The summed E-state index contributed by atoms with van der Waals surface area (Å²) in [5, 5.41) is 0. The summed E-state index contributed by atoms with van der Waals surface area (Å²) in [4.78, 5) is 38.3. The Balaban J connectivity index is 4.43. The second kappa shape index (κ2) is 64.3. The molecule has 6 heteroatoms. The number of rotatable bonds is 57. The Bertz CT molecular complexity index is 1600. The van der Waals surface area contributed by atoms with E-state index in [0.717, 1.165) is 116 Å². The van der Waals surface area contributed by atoms with Crippen molar-refractivity contribution >= 4 is 17.9 Å². The highest BCUT2D eigenvalue weighted by molar-refractivity contribution is 5.71. The van der Waals surface area contributed by atoms with Crippen LogP contribution < -0.4 is 0 Å². The summed E-state index contributed by atoms with van der Waals surface area (Å²) in [5.41, 5.74) is 0. The Morgan fingerprint density at radius 3 is 0.844 bits per heavy atom. The molecule has 6 nitrogen and oxygen atoms in total. The molecule has 0 aliphatic heterocycles. The van der Waals surface area contributed by atoms with E-state index in [1.54, 1.807) is 0 Å². The van der Waals surface area contributed by atoms with Crippen molar-refractivity contribution in [2.45, 2.75) is 297 Å². The first-order valence-corrected chi connectivity index (χ1v) is 32.0. The van der Waals surface area contributed by atoms with Crippen LogP contribution in [0.4, 0.5) is 0 Å². The van der Waals surface area contributed by atoms with E-state index in [-0.39, 0.29) is 37.5 Å². The van der Waals surface area contributed by atoms with Crippen LogP contribution in [0.15, 0.2) is 122 Å². The van der Waals surface area contributed by atoms with Crippen LogP contribution in [0.25, 0.3) is 0 Å². The van der Waals surface area contributed by atoms with Gasteiger partial charge in [-0.3, -0.25) is 14.4 Å². The van der Waals surface area contributed by atoms with Gasteiger partial charge in [0.05, 0.1) is 0 Å². The molecule has 0 bridgehead atoms. The molecule has 0 saturated heterocycles. The Morgan fingerprint density at radius 2 is 0.519 bits per heavy atom. The lowest BCUT2D eigenvalue weighted by atomic mass is 10.0. The fourth-order valence-electron chi connectivity index (χ4n) is 8.74. The van der Waals surface area contributed by atoms with Crippen molar-refractivity contribution in [1.82, 2.24) is 0 Å². The van der Waals surface area contributed by atoms with Crippen LogP contribution in [0.3, 0.4) is 0 Å². The van der Waals surface area contributed by atoms with E-state index in [1.807, 2.05) is 0 Å². The van der Waals surface area contributed by atoms with Crippen molar-refractivity contribution in [3.63, 3.8) is 0 Å². The molecule has 1 atom stereocenters. The Hall–Kier alpha value is -4.19. The number of unbranched alkanes of at least 4 members (excludes halogenated alkanes) is 26. The van der Waals surface area contributed by atoms with Gasteiger partial charge in [-0.15, -0.1) is 0 Å². The molecular formula is C71H118O6. The smallest absolute Gasteiger partial charge is 0.306 e. The van der Waals surface area contributed by atoms with Gasteiger partial charge in [0, 0.05) is 19.3 Å². The zero-order valence-electron chi connectivity index (χ0n) is 50.2. The summed E-state index contributed by atoms with van der Waals surface area (Å²) >= 11 is 0. The van der Waals surface area contributed by atoms with Gasteiger partial charge < -0.3 is 14.2 Å². The largest absolute Gasteiger partial charge is 0.462 e. The summed E-state index contributed by atoms with van der Waals surface area (Å²) < 4.78 is 16.8. The first kappa shape index (κ1) is 72.8. The van der Waals surface area contributed by atoms with E-state index in [2.05, 4.69) is 142 Å². The van der Waals surface area contributed by atoms with Gasteiger partial charge in [0.25, 0.3) is 0 Å². The third-order valence-electron chi connectivity index (χ3n) is 13.5. The maximum absolute atomic E-state index is 12.9. The van der Waals surface area contributed by atoms with E-state index < -0.39 is 6.10 Å². The number of allylic oxidation sites excluding steroid dienone is 20. The van der Waals surface area contributed by atoms with Crippen molar-refractivity contribution in [1.29, 1.82) is 0 Å². The quantitative estimate of drug-likeness (QED) is 0.0261. The number of hydrogen-bond donors (Lipinski definition) is 0. The van der Waals surface area contributed by atoms with Crippen molar-refractivity contribution in [3.8, 4) is 0 Å². The molecule has 0 saturated carbocycles. The van der Waals surface area contributed by atoms with Gasteiger partial charge in [-0.25, -0.2) is 0 Å². The van der Waals surface area contributed by atoms with E-state index in [0.29, 0.717) is 19.3 Å². The molecule has 0 spiro atoms. The van der Waals surface area contributed by atoms with Crippen LogP contribution >= 0.6 is 0 Å². The molecule has 0 radical (unpaired) electrons. The molecule has 0 fully saturated rings. The number of carbonyl (C=O) groups is 3. The molecule has 77 heavy (non-hydrogen) atoms. The summed E-state index contributed by atoms with van der Waals surface area (Å²) in [6, 6.07) is 0. The Morgan fingerprint density at radius 1 is 0.273 bits per heavy atom. The second-order valence-electron chi connectivity index (χ2n) is 20.9. The minimum Gasteiger partial charge on any atom is -0.462 e. The molecule has 0 rings (SSSR count). The van der Waals surface area contributed by atoms with Crippen LogP contribution in [-0.2, 0) is 28.6 Å². The number of ether oxygens (including phenoxy) is 3. The van der Waals surface area contributed by atoms with E-state index >= 15 is 0 Å². The molecule has 1 unspecified atom stereocenters. The monoisotopic (exact) mass is 1070 g/mol. The Kier molecular flexibility index (Phi) is 60.8. The minimum absolute atomic E-state index is 0.112. The highest BCUT2D eigenvalue weighted by Crippen LogP contribution is 2.17. The Labute approximate surface area is 475 Å². The molecule has 0 N–H and O–H groups in total. The maximum atomic E-state index is 12.9.